The lowest BCUT2D eigenvalue weighted by atomic mass is 9.90. The van der Waals surface area contributed by atoms with E-state index in [0.29, 0.717) is 0 Å². The Morgan fingerprint density at radius 2 is 1.46 bits per heavy atom. The monoisotopic (exact) mass is 517 g/mol. The van der Waals surface area contributed by atoms with Gasteiger partial charge in [-0.2, -0.15) is 8.42 Å². The van der Waals surface area contributed by atoms with Gasteiger partial charge in [0, 0.05) is 18.8 Å². The minimum Gasteiger partial charge on any atom is -0.347 e. The number of nitrogens with zero attached hydrogens (tertiary/aromatic N) is 1. The van der Waals surface area contributed by atoms with Crippen molar-refractivity contribution in [3.8, 4) is 0 Å². The second kappa shape index (κ2) is 13.3. The highest BCUT2D eigenvalue weighted by molar-refractivity contribution is 7.87. The standard InChI is InChI=1S/C21H31N3O10S/c25-15(14-7-5-3-1-2-4-6-8-14)9-10-17(26)22-12-18(27)23-13-20(29)34-24-19(28)11-16(21(24)30)35(31,32)33/h14,16H,1-13H2,(H,22,26)(H,23,27)(H,31,32,33). The molecule has 0 spiro atoms. The lowest BCUT2D eigenvalue weighted by molar-refractivity contribution is -0.196. The van der Waals surface area contributed by atoms with E-state index >= 15 is 0 Å². The summed E-state index contributed by atoms with van der Waals surface area (Å²) in [5, 5.41) is 2.31. The van der Waals surface area contributed by atoms with E-state index in [1.165, 1.54) is 12.8 Å². The highest BCUT2D eigenvalue weighted by Gasteiger charge is 2.48. The minimum absolute atomic E-state index is 0.0302. The van der Waals surface area contributed by atoms with Crippen molar-refractivity contribution < 1.29 is 46.6 Å². The molecular formula is C21H31N3O10S. The van der Waals surface area contributed by atoms with E-state index in [1.807, 2.05) is 0 Å². The predicted octanol–water partition coefficient (Wildman–Crippen LogP) is -0.208. The van der Waals surface area contributed by atoms with Crippen molar-refractivity contribution >= 4 is 45.5 Å². The quantitative estimate of drug-likeness (QED) is 0.258. The third kappa shape index (κ3) is 9.36. The number of hydrogen-bond donors (Lipinski definition) is 3. The van der Waals surface area contributed by atoms with Crippen molar-refractivity contribution in [3.05, 3.63) is 0 Å². The Labute approximate surface area is 203 Å². The topological polar surface area (TPSA) is 193 Å². The summed E-state index contributed by atoms with van der Waals surface area (Å²) in [5.41, 5.74) is 0. The summed E-state index contributed by atoms with van der Waals surface area (Å²) in [6.07, 6.45) is 7.44. The number of carbonyl (C=O) groups is 6. The van der Waals surface area contributed by atoms with Crippen LogP contribution in [0.15, 0.2) is 0 Å². The summed E-state index contributed by atoms with van der Waals surface area (Å²) >= 11 is 0. The van der Waals surface area contributed by atoms with E-state index in [1.54, 1.807) is 0 Å². The zero-order chi connectivity index (χ0) is 26.0. The molecule has 0 aromatic heterocycles. The Kier molecular flexibility index (Phi) is 10.8. The summed E-state index contributed by atoms with van der Waals surface area (Å²) < 4.78 is 31.1. The van der Waals surface area contributed by atoms with Gasteiger partial charge >= 0.3 is 5.97 Å². The zero-order valence-electron chi connectivity index (χ0n) is 19.3. The van der Waals surface area contributed by atoms with Gasteiger partial charge in [0.1, 0.15) is 12.3 Å². The molecule has 1 atom stereocenters. The fraction of sp³-hybridized carbons (Fsp3) is 0.714. The number of Topliss-reactive ketones (excluding diaryl/α,β-unsaturated/α-hetero) is 1. The van der Waals surface area contributed by atoms with Crippen LogP contribution in [0.5, 0.6) is 0 Å². The number of carbonyl (C=O) groups excluding carboxylic acids is 6. The fourth-order valence-corrected chi connectivity index (χ4v) is 4.65. The second-order valence-corrected chi connectivity index (χ2v) is 10.2. The van der Waals surface area contributed by atoms with Crippen LogP contribution < -0.4 is 10.6 Å². The summed E-state index contributed by atoms with van der Waals surface area (Å²) in [7, 11) is -4.85. The van der Waals surface area contributed by atoms with Gasteiger partial charge in [-0.15, -0.1) is 5.06 Å². The molecule has 1 unspecified atom stereocenters. The van der Waals surface area contributed by atoms with Crippen LogP contribution in [-0.2, 0) is 43.7 Å². The molecular weight excluding hydrogens is 486 g/mol. The molecule has 0 radical (unpaired) electrons. The molecule has 0 bridgehead atoms. The SMILES string of the molecule is O=C(CCC(=O)C1CCCCCCCC1)NCC(=O)NCC(=O)ON1C(=O)CC(S(=O)(=O)O)C1=O. The number of amides is 4. The summed E-state index contributed by atoms with van der Waals surface area (Å²) in [6.45, 7) is -1.25. The molecule has 2 aliphatic rings. The molecule has 0 aromatic carbocycles. The van der Waals surface area contributed by atoms with Gasteiger partial charge in [-0.25, -0.2) is 4.79 Å². The van der Waals surface area contributed by atoms with E-state index in [2.05, 4.69) is 15.5 Å². The Morgan fingerprint density at radius 1 is 0.886 bits per heavy atom. The molecule has 1 saturated heterocycles. The van der Waals surface area contributed by atoms with Crippen LogP contribution in [0.25, 0.3) is 0 Å². The molecule has 14 heteroatoms. The highest BCUT2D eigenvalue weighted by Crippen LogP contribution is 2.24. The molecule has 1 aliphatic heterocycles. The first kappa shape index (κ1) is 28.4. The van der Waals surface area contributed by atoms with Crippen LogP contribution in [0.4, 0.5) is 0 Å². The molecule has 0 aromatic rings. The van der Waals surface area contributed by atoms with Crippen LogP contribution in [0.2, 0.25) is 0 Å². The van der Waals surface area contributed by atoms with Gasteiger partial charge in [-0.3, -0.25) is 28.5 Å². The van der Waals surface area contributed by atoms with Gasteiger partial charge in [0.25, 0.3) is 21.9 Å². The van der Waals surface area contributed by atoms with Crippen LogP contribution in [0.1, 0.15) is 70.6 Å². The van der Waals surface area contributed by atoms with Gasteiger partial charge in [0.05, 0.1) is 13.0 Å². The fourth-order valence-electron chi connectivity index (χ4n) is 3.94. The lowest BCUT2D eigenvalue weighted by Gasteiger charge is -2.14. The number of nitrogens with one attached hydrogen (secondary N) is 2. The smallest absolute Gasteiger partial charge is 0.347 e. The van der Waals surface area contributed by atoms with Crippen molar-refractivity contribution in [2.45, 2.75) is 75.9 Å². The number of hydrogen-bond acceptors (Lipinski definition) is 9. The Bertz CT molecular complexity index is 939. The first-order chi connectivity index (χ1) is 16.5. The van der Waals surface area contributed by atoms with Gasteiger partial charge in [-0.1, -0.05) is 38.5 Å². The maximum Gasteiger partial charge on any atom is 0.352 e. The molecule has 35 heavy (non-hydrogen) atoms. The minimum atomic E-state index is -4.85. The molecule has 2 fully saturated rings. The van der Waals surface area contributed by atoms with Crippen molar-refractivity contribution in [1.82, 2.24) is 15.7 Å². The van der Waals surface area contributed by atoms with Crippen LogP contribution >= 0.6 is 0 Å². The predicted molar refractivity (Wildman–Crippen MR) is 119 cm³/mol. The van der Waals surface area contributed by atoms with E-state index in [4.69, 9.17) is 4.55 Å². The zero-order valence-corrected chi connectivity index (χ0v) is 20.1. The summed E-state index contributed by atoms with van der Waals surface area (Å²) in [4.78, 5) is 75.9. The Balaban J connectivity index is 1.66. The van der Waals surface area contributed by atoms with Crippen molar-refractivity contribution in [1.29, 1.82) is 0 Å². The van der Waals surface area contributed by atoms with Gasteiger partial charge in [0.2, 0.25) is 11.8 Å². The van der Waals surface area contributed by atoms with Gasteiger partial charge in [-0.05, 0) is 12.8 Å². The summed E-state index contributed by atoms with van der Waals surface area (Å²) in [5.74, 6) is -5.06. The first-order valence-corrected chi connectivity index (χ1v) is 13.1. The van der Waals surface area contributed by atoms with Crippen LogP contribution in [0, 0.1) is 5.92 Å². The van der Waals surface area contributed by atoms with Gasteiger partial charge < -0.3 is 15.5 Å². The normalized spacial score (nSPS) is 19.9. The van der Waals surface area contributed by atoms with E-state index < -0.39 is 64.5 Å². The molecule has 4 amide bonds. The second-order valence-electron chi connectivity index (χ2n) is 8.61. The van der Waals surface area contributed by atoms with E-state index in [0.717, 1.165) is 38.5 Å². The molecule has 13 nitrogen and oxygen atoms in total. The summed E-state index contributed by atoms with van der Waals surface area (Å²) in [6, 6.07) is 0. The third-order valence-electron chi connectivity index (χ3n) is 5.90. The molecule has 3 N–H and O–H groups in total. The molecule has 196 valence electrons. The third-order valence-corrected chi connectivity index (χ3v) is 6.99. The average molecular weight is 518 g/mol. The number of hydroxylamine groups is 2. The van der Waals surface area contributed by atoms with Crippen molar-refractivity contribution in [2.24, 2.45) is 5.92 Å². The van der Waals surface area contributed by atoms with Crippen molar-refractivity contribution in [3.63, 3.8) is 0 Å². The number of ketones is 1. The lowest BCUT2D eigenvalue weighted by Crippen LogP contribution is -2.42. The number of imide groups is 1. The largest absolute Gasteiger partial charge is 0.352 e. The van der Waals surface area contributed by atoms with E-state index in [-0.39, 0.29) is 29.6 Å². The first-order valence-electron chi connectivity index (χ1n) is 11.6. The van der Waals surface area contributed by atoms with Crippen LogP contribution in [-0.4, -0.2) is 71.8 Å². The number of rotatable bonds is 10. The molecule has 1 heterocycles. The molecule has 1 aliphatic carbocycles. The molecule has 2 rings (SSSR count). The Morgan fingerprint density at radius 3 is 2.03 bits per heavy atom. The maximum absolute atomic E-state index is 12.4. The average Bonchev–Trinajstić information content (AvgIpc) is 3.16. The van der Waals surface area contributed by atoms with Crippen LogP contribution in [0.3, 0.4) is 0 Å². The molecule has 1 saturated carbocycles. The van der Waals surface area contributed by atoms with Crippen molar-refractivity contribution in [2.75, 3.05) is 13.1 Å². The van der Waals surface area contributed by atoms with Gasteiger partial charge in [0.15, 0.2) is 5.25 Å². The highest BCUT2D eigenvalue weighted by atomic mass is 32.2. The maximum atomic E-state index is 12.4. The Hall–Kier alpha value is -2.87. The van der Waals surface area contributed by atoms with E-state index in [9.17, 15) is 37.2 Å².